The fraction of sp³-hybridized carbons (Fsp3) is 0.429. The number of fused-ring (bicyclic) bond motifs is 1. The lowest BCUT2D eigenvalue weighted by molar-refractivity contribution is -0.0950. The van der Waals surface area contributed by atoms with Gasteiger partial charge in [0, 0.05) is 17.6 Å². The molecule has 0 spiro atoms. The molecule has 2 saturated heterocycles. The normalized spacial score (nSPS) is 34.0. The largest absolute Gasteiger partial charge is 0.475 e. The third kappa shape index (κ3) is 4.23. The molecule has 0 amide bonds. The quantitative estimate of drug-likeness (QED) is 0.437. The van der Waals surface area contributed by atoms with Crippen LogP contribution in [0.5, 0.6) is 0 Å². The van der Waals surface area contributed by atoms with Gasteiger partial charge in [0.2, 0.25) is 0 Å². The molecule has 0 radical (unpaired) electrons. The second-order valence-corrected chi connectivity index (χ2v) is 10.5. The first kappa shape index (κ1) is 23.7. The van der Waals surface area contributed by atoms with Gasteiger partial charge in [-0.1, -0.05) is 23.7 Å². The zero-order valence-electron chi connectivity index (χ0n) is 18.2. The summed E-state index contributed by atoms with van der Waals surface area (Å²) in [6.07, 6.45) is -0.532. The van der Waals surface area contributed by atoms with Gasteiger partial charge in [-0.25, -0.2) is 14.5 Å². The lowest BCUT2D eigenvalue weighted by atomic mass is 9.96. The monoisotopic (exact) mass is 510 g/mol. The van der Waals surface area contributed by atoms with Crippen LogP contribution in [-0.2, 0) is 22.9 Å². The van der Waals surface area contributed by atoms with Crippen LogP contribution in [0.1, 0.15) is 31.2 Å². The van der Waals surface area contributed by atoms with E-state index < -0.39 is 38.0 Å². The number of nitrogen functional groups attached to an aromatic ring is 1. The van der Waals surface area contributed by atoms with Gasteiger partial charge in [-0.2, -0.15) is 0 Å². The van der Waals surface area contributed by atoms with E-state index >= 15 is 0 Å². The number of nitrogens with two attached hydrogens (primary N) is 1. The zero-order valence-corrected chi connectivity index (χ0v) is 19.8. The van der Waals surface area contributed by atoms with Crippen molar-refractivity contribution in [2.24, 2.45) is 0 Å². The smallest absolute Gasteiger partial charge is 0.387 e. The van der Waals surface area contributed by atoms with Gasteiger partial charge in [0.1, 0.15) is 35.6 Å². The molecule has 1 aromatic carbocycles. The van der Waals surface area contributed by atoms with E-state index in [1.807, 2.05) is 6.07 Å². The number of benzene rings is 1. The highest BCUT2D eigenvalue weighted by Gasteiger charge is 2.54. The van der Waals surface area contributed by atoms with Crippen LogP contribution >= 0.6 is 19.4 Å². The van der Waals surface area contributed by atoms with Gasteiger partial charge in [-0.15, -0.1) is 0 Å². The summed E-state index contributed by atoms with van der Waals surface area (Å²) in [6.45, 7) is 1.24. The number of hydrogen-bond acceptors (Lipinski definition) is 10. The van der Waals surface area contributed by atoms with E-state index in [1.54, 1.807) is 35.0 Å². The molecular weight excluding hydrogens is 487 g/mol. The Morgan fingerprint density at radius 2 is 2.21 bits per heavy atom. The van der Waals surface area contributed by atoms with Gasteiger partial charge in [0.05, 0.1) is 24.7 Å². The van der Waals surface area contributed by atoms with Gasteiger partial charge < -0.3 is 25.3 Å². The van der Waals surface area contributed by atoms with E-state index in [2.05, 4.69) is 9.97 Å². The second-order valence-electron chi connectivity index (χ2n) is 8.43. The van der Waals surface area contributed by atoms with Crippen molar-refractivity contribution in [1.82, 2.24) is 14.5 Å². The second kappa shape index (κ2) is 8.85. The van der Waals surface area contributed by atoms with Gasteiger partial charge in [-0.3, -0.25) is 13.6 Å². The number of hydrogen-bond donors (Lipinski definition) is 3. The van der Waals surface area contributed by atoms with Crippen LogP contribution in [0.15, 0.2) is 42.9 Å². The molecule has 2 aromatic heterocycles. The number of halogens is 1. The van der Waals surface area contributed by atoms with Crippen molar-refractivity contribution in [1.29, 1.82) is 0 Å². The molecule has 0 unspecified atom stereocenters. The molecule has 2 fully saturated rings. The van der Waals surface area contributed by atoms with Crippen LogP contribution < -0.4 is 5.73 Å². The molecule has 11 nitrogen and oxygen atoms in total. The van der Waals surface area contributed by atoms with Crippen molar-refractivity contribution in [3.8, 4) is 0 Å². The third-order valence-electron chi connectivity index (χ3n) is 6.05. The van der Waals surface area contributed by atoms with Crippen molar-refractivity contribution < 1.29 is 33.1 Å². The molecule has 0 saturated carbocycles. The molecule has 6 atom stereocenters. The van der Waals surface area contributed by atoms with E-state index in [0.717, 1.165) is 5.56 Å². The highest BCUT2D eigenvalue weighted by molar-refractivity contribution is 7.48. The number of aliphatic hydroxyl groups excluding tert-OH is 1. The number of rotatable bonds is 5. The Bertz CT molecular complexity index is 1250. The summed E-state index contributed by atoms with van der Waals surface area (Å²) in [5.41, 5.74) is 5.36. The molecular formula is C21H24ClN4O7P. The topological polar surface area (TPSA) is 151 Å². The summed E-state index contributed by atoms with van der Waals surface area (Å²) in [4.78, 5) is 8.16. The summed E-state index contributed by atoms with van der Waals surface area (Å²) in [5, 5.41) is 22.9. The molecule has 2 aliphatic heterocycles. The van der Waals surface area contributed by atoms with Crippen molar-refractivity contribution >= 4 is 36.3 Å². The van der Waals surface area contributed by atoms with E-state index in [1.165, 1.54) is 13.3 Å². The Kier molecular flexibility index (Phi) is 6.16. The Balaban J connectivity index is 1.31. The highest BCUT2D eigenvalue weighted by Crippen LogP contribution is 2.57. The molecule has 3 aromatic rings. The molecule has 182 valence electrons. The molecule has 4 N–H and O–H groups in total. The van der Waals surface area contributed by atoms with Crippen LogP contribution in [0.2, 0.25) is 5.02 Å². The first-order chi connectivity index (χ1) is 16.2. The Hall–Kier alpha value is -2.08. The minimum absolute atomic E-state index is 0.152. The molecule has 2 aliphatic rings. The lowest BCUT2D eigenvalue weighted by Crippen LogP contribution is -2.44. The van der Waals surface area contributed by atoms with Gasteiger partial charge in [-0.05, 0) is 30.7 Å². The van der Waals surface area contributed by atoms with Crippen LogP contribution in [0.25, 0.3) is 11.0 Å². The summed E-state index contributed by atoms with van der Waals surface area (Å²) >= 11 is 6.05. The van der Waals surface area contributed by atoms with Gasteiger partial charge >= 0.3 is 7.82 Å². The predicted molar refractivity (Wildman–Crippen MR) is 122 cm³/mol. The maximum absolute atomic E-state index is 13.1. The van der Waals surface area contributed by atoms with E-state index in [9.17, 15) is 14.8 Å². The van der Waals surface area contributed by atoms with Gasteiger partial charge in [0.25, 0.3) is 0 Å². The molecule has 0 aliphatic carbocycles. The maximum Gasteiger partial charge on any atom is 0.475 e. The number of nitrogens with zero attached hydrogens (tertiary/aromatic N) is 3. The van der Waals surface area contributed by atoms with E-state index in [0.29, 0.717) is 22.5 Å². The number of phosphoric acid groups is 1. The predicted octanol–water partition coefficient (Wildman–Crippen LogP) is 2.98. The van der Waals surface area contributed by atoms with Crippen LogP contribution in [-0.4, -0.2) is 55.8 Å². The first-order valence-electron chi connectivity index (χ1n) is 10.6. The number of aromatic nitrogens is 3. The van der Waals surface area contributed by atoms with Crippen molar-refractivity contribution in [2.75, 3.05) is 18.9 Å². The average Bonchev–Trinajstić information content (AvgIpc) is 3.32. The highest BCUT2D eigenvalue weighted by atomic mass is 35.5. The lowest BCUT2D eigenvalue weighted by Gasteiger charge is -2.30. The van der Waals surface area contributed by atoms with E-state index in [-0.39, 0.29) is 19.0 Å². The maximum atomic E-state index is 13.1. The molecule has 13 heteroatoms. The van der Waals surface area contributed by atoms with Crippen LogP contribution in [0.3, 0.4) is 0 Å². The standard InChI is InChI=1S/C21H24ClN4O7P/c1-21(28)17(27)16(32-20(21)26-7-5-14-18(23)24-11-25-19(14)26)10-31-34(29)30-8-6-15(33-34)12-3-2-4-13(22)9-12/h2-5,7,9,11,15-17,20,27-28H,6,8,10H2,1H3,(H2,23,24,25)/t15-,16+,17+,20+,21+,34+/m0/s1. The van der Waals surface area contributed by atoms with Crippen LogP contribution in [0, 0.1) is 0 Å². The molecule has 4 heterocycles. The Labute approximate surface area is 200 Å². The molecule has 5 rings (SSSR count). The average molecular weight is 511 g/mol. The number of anilines is 1. The number of phosphoric ester groups is 1. The third-order valence-corrected chi connectivity index (χ3v) is 7.76. The van der Waals surface area contributed by atoms with Crippen molar-refractivity contribution in [2.45, 2.75) is 43.5 Å². The number of aliphatic hydroxyl groups is 2. The SMILES string of the molecule is C[C@@]1(O)[C@H](O)[C@@H](CO[P@@]2(=O)OCC[C@@H](c3cccc(Cl)c3)O2)O[C@H]1n1ccc2c(N)ncnc21. The molecule has 0 bridgehead atoms. The Morgan fingerprint density at radius 3 is 3.00 bits per heavy atom. The van der Waals surface area contributed by atoms with E-state index in [4.69, 9.17) is 35.6 Å². The minimum atomic E-state index is -3.96. The Morgan fingerprint density at radius 1 is 1.38 bits per heavy atom. The summed E-state index contributed by atoms with van der Waals surface area (Å²) < 4.78 is 37.1. The summed E-state index contributed by atoms with van der Waals surface area (Å²) in [6, 6.07) is 8.74. The van der Waals surface area contributed by atoms with Crippen LogP contribution in [0.4, 0.5) is 5.82 Å². The summed E-state index contributed by atoms with van der Waals surface area (Å²) in [7, 11) is -3.96. The number of ether oxygens (including phenoxy) is 1. The zero-order chi connectivity index (χ0) is 24.1. The van der Waals surface area contributed by atoms with Crippen molar-refractivity contribution in [3.63, 3.8) is 0 Å². The summed E-state index contributed by atoms with van der Waals surface area (Å²) in [5.74, 6) is 0.278. The minimum Gasteiger partial charge on any atom is -0.387 e. The first-order valence-corrected chi connectivity index (χ1v) is 12.5. The molecule has 34 heavy (non-hydrogen) atoms. The van der Waals surface area contributed by atoms with Crippen molar-refractivity contribution in [3.05, 3.63) is 53.4 Å². The van der Waals surface area contributed by atoms with Gasteiger partial charge in [0.15, 0.2) is 6.23 Å². The fourth-order valence-corrected chi connectivity index (χ4v) is 5.83. The fourth-order valence-electron chi connectivity index (χ4n) is 4.23.